The molecule has 0 atom stereocenters. The van der Waals surface area contributed by atoms with Gasteiger partial charge in [0.15, 0.2) is 15.7 Å². The molecule has 0 saturated carbocycles. The number of nitrogens with two attached hydrogens (primary N) is 1. The third-order valence-electron chi connectivity index (χ3n) is 2.03. The monoisotopic (exact) mass is 237 g/mol. The third-order valence-corrected chi connectivity index (χ3v) is 4.07. The minimum absolute atomic E-state index is 0.200. The molecule has 7 nitrogen and oxygen atoms in total. The smallest absolute Gasteiger partial charge is 0.241 e. The van der Waals surface area contributed by atoms with Gasteiger partial charge in [-0.15, -0.1) is 0 Å². The molecule has 0 aromatic heterocycles. The average molecular weight is 237 g/mol. The molecule has 0 rings (SSSR count). The standard InChI is InChI=1S/C7H15N3O4S/c1-7(2,15(3,13)14)6(11)9-4-5(8)10-12/h12H,4H2,1-3H3,(H2,8,10)(H,9,11). The van der Waals surface area contributed by atoms with Crippen LogP contribution in [0.15, 0.2) is 5.16 Å². The SMILES string of the molecule is CC(C)(C(=O)NCC(N)=NO)S(C)(=O)=O. The molecule has 4 N–H and O–H groups in total. The van der Waals surface area contributed by atoms with Crippen molar-refractivity contribution in [2.45, 2.75) is 18.6 Å². The summed E-state index contributed by atoms with van der Waals surface area (Å²) in [6, 6.07) is 0. The van der Waals surface area contributed by atoms with Crippen molar-refractivity contribution in [2.24, 2.45) is 10.9 Å². The van der Waals surface area contributed by atoms with Crippen LogP contribution in [0.2, 0.25) is 0 Å². The van der Waals surface area contributed by atoms with Gasteiger partial charge in [0, 0.05) is 6.26 Å². The number of sulfone groups is 1. The number of amides is 1. The predicted molar refractivity (Wildman–Crippen MR) is 55.3 cm³/mol. The van der Waals surface area contributed by atoms with E-state index in [1.807, 2.05) is 0 Å². The minimum Gasteiger partial charge on any atom is -0.409 e. The van der Waals surface area contributed by atoms with E-state index in [4.69, 9.17) is 10.9 Å². The van der Waals surface area contributed by atoms with Crippen LogP contribution in [0.4, 0.5) is 0 Å². The minimum atomic E-state index is -3.51. The second kappa shape index (κ2) is 4.47. The Hall–Kier alpha value is -1.31. The van der Waals surface area contributed by atoms with E-state index >= 15 is 0 Å². The molecule has 0 heterocycles. The lowest BCUT2D eigenvalue weighted by atomic mass is 10.2. The summed E-state index contributed by atoms with van der Waals surface area (Å²) in [6.07, 6.45) is 0.968. The van der Waals surface area contributed by atoms with Crippen molar-refractivity contribution in [2.75, 3.05) is 12.8 Å². The largest absolute Gasteiger partial charge is 0.409 e. The van der Waals surface area contributed by atoms with E-state index in [0.717, 1.165) is 6.26 Å². The Morgan fingerprint density at radius 3 is 2.33 bits per heavy atom. The summed E-state index contributed by atoms with van der Waals surface area (Å²) < 4.78 is 20.9. The molecule has 0 radical (unpaired) electrons. The highest BCUT2D eigenvalue weighted by Gasteiger charge is 2.38. The zero-order valence-electron chi connectivity index (χ0n) is 8.81. The van der Waals surface area contributed by atoms with Crippen LogP contribution in [0.1, 0.15) is 13.8 Å². The van der Waals surface area contributed by atoms with E-state index in [2.05, 4.69) is 10.5 Å². The normalized spacial score (nSPS) is 13.7. The molecule has 0 bridgehead atoms. The number of nitrogens with one attached hydrogen (secondary N) is 1. The lowest BCUT2D eigenvalue weighted by Crippen LogP contribution is -2.49. The van der Waals surface area contributed by atoms with E-state index in [-0.39, 0.29) is 12.4 Å². The Bertz CT molecular complexity index is 372. The molecule has 1 amide bonds. The summed E-state index contributed by atoms with van der Waals surface area (Å²) in [5.41, 5.74) is 5.11. The Morgan fingerprint density at radius 1 is 1.53 bits per heavy atom. The molecular weight excluding hydrogens is 222 g/mol. The quantitative estimate of drug-likeness (QED) is 0.242. The summed E-state index contributed by atoms with van der Waals surface area (Å²) in [6.45, 7) is 2.36. The van der Waals surface area contributed by atoms with Crippen molar-refractivity contribution in [3.8, 4) is 0 Å². The summed E-state index contributed by atoms with van der Waals surface area (Å²) in [4.78, 5) is 11.4. The van der Waals surface area contributed by atoms with Gasteiger partial charge in [-0.25, -0.2) is 8.42 Å². The van der Waals surface area contributed by atoms with Crippen molar-refractivity contribution < 1.29 is 18.4 Å². The van der Waals surface area contributed by atoms with Gasteiger partial charge in [0.2, 0.25) is 5.91 Å². The Kier molecular flexibility index (Phi) is 4.08. The number of carbonyl (C=O) groups excluding carboxylic acids is 1. The van der Waals surface area contributed by atoms with Gasteiger partial charge in [0.1, 0.15) is 4.75 Å². The fourth-order valence-electron chi connectivity index (χ4n) is 0.587. The zero-order valence-corrected chi connectivity index (χ0v) is 9.63. The van der Waals surface area contributed by atoms with Gasteiger partial charge in [0.25, 0.3) is 0 Å². The van der Waals surface area contributed by atoms with Gasteiger partial charge in [-0.1, -0.05) is 5.16 Å². The summed E-state index contributed by atoms with van der Waals surface area (Å²) in [5, 5.41) is 13.1. The van der Waals surface area contributed by atoms with Gasteiger partial charge in [-0.2, -0.15) is 0 Å². The fraction of sp³-hybridized carbons (Fsp3) is 0.714. The maximum atomic E-state index is 11.4. The van der Waals surface area contributed by atoms with E-state index in [0.29, 0.717) is 0 Å². The van der Waals surface area contributed by atoms with Crippen LogP contribution in [0, 0.1) is 0 Å². The molecule has 0 aromatic rings. The maximum Gasteiger partial charge on any atom is 0.241 e. The molecule has 8 heteroatoms. The van der Waals surface area contributed by atoms with Gasteiger partial charge in [0.05, 0.1) is 6.54 Å². The van der Waals surface area contributed by atoms with Crippen LogP contribution >= 0.6 is 0 Å². The van der Waals surface area contributed by atoms with Crippen LogP contribution < -0.4 is 11.1 Å². The molecule has 0 spiro atoms. The van der Waals surface area contributed by atoms with Gasteiger partial charge in [-0.3, -0.25) is 4.79 Å². The van der Waals surface area contributed by atoms with Crippen molar-refractivity contribution in [1.29, 1.82) is 0 Å². The molecular formula is C7H15N3O4S. The highest BCUT2D eigenvalue weighted by Crippen LogP contribution is 2.14. The number of amidine groups is 1. The van der Waals surface area contributed by atoms with Crippen molar-refractivity contribution in [3.05, 3.63) is 0 Å². The molecule has 0 saturated heterocycles. The van der Waals surface area contributed by atoms with Crippen LogP contribution in [0.5, 0.6) is 0 Å². The Morgan fingerprint density at radius 2 is 2.00 bits per heavy atom. The molecule has 0 unspecified atom stereocenters. The van der Waals surface area contributed by atoms with Crippen molar-refractivity contribution >= 4 is 21.6 Å². The first-order valence-corrected chi connectivity index (χ1v) is 5.96. The number of oxime groups is 1. The van der Waals surface area contributed by atoms with E-state index in [1.54, 1.807) is 0 Å². The van der Waals surface area contributed by atoms with Gasteiger partial charge < -0.3 is 16.3 Å². The molecule has 88 valence electrons. The number of carbonyl (C=O) groups is 1. The first kappa shape index (κ1) is 13.7. The molecule has 0 aliphatic carbocycles. The number of rotatable bonds is 4. The Balaban J connectivity index is 4.61. The molecule has 0 aliphatic heterocycles. The fourth-order valence-corrected chi connectivity index (χ4v) is 0.996. The molecule has 0 aliphatic rings. The lowest BCUT2D eigenvalue weighted by Gasteiger charge is -2.21. The van der Waals surface area contributed by atoms with Gasteiger partial charge in [-0.05, 0) is 13.8 Å². The first-order valence-electron chi connectivity index (χ1n) is 4.07. The first-order chi connectivity index (χ1) is 6.63. The summed E-state index contributed by atoms with van der Waals surface area (Å²) in [5.74, 6) is -0.899. The predicted octanol–water partition coefficient (Wildman–Crippen LogP) is -1.33. The van der Waals surface area contributed by atoms with E-state index in [9.17, 15) is 13.2 Å². The van der Waals surface area contributed by atoms with Crippen molar-refractivity contribution in [1.82, 2.24) is 5.32 Å². The molecule has 0 fully saturated rings. The van der Waals surface area contributed by atoms with E-state index in [1.165, 1.54) is 13.8 Å². The number of hydrogen-bond donors (Lipinski definition) is 3. The number of nitrogens with zero attached hydrogens (tertiary/aromatic N) is 1. The summed E-state index contributed by atoms with van der Waals surface area (Å²) >= 11 is 0. The van der Waals surface area contributed by atoms with Crippen molar-refractivity contribution in [3.63, 3.8) is 0 Å². The van der Waals surface area contributed by atoms with Crippen LogP contribution in [-0.4, -0.2) is 42.9 Å². The third kappa shape index (κ3) is 3.39. The van der Waals surface area contributed by atoms with Gasteiger partial charge >= 0.3 is 0 Å². The number of hydrogen-bond acceptors (Lipinski definition) is 5. The molecule has 0 aromatic carbocycles. The van der Waals surface area contributed by atoms with Crippen LogP contribution in [0.25, 0.3) is 0 Å². The highest BCUT2D eigenvalue weighted by atomic mass is 32.2. The lowest BCUT2D eigenvalue weighted by molar-refractivity contribution is -0.122. The summed E-state index contributed by atoms with van der Waals surface area (Å²) in [7, 11) is -3.51. The average Bonchev–Trinajstić information content (AvgIpc) is 2.11. The van der Waals surface area contributed by atoms with Crippen LogP contribution in [0.3, 0.4) is 0 Å². The Labute approximate surface area is 88.2 Å². The zero-order chi connectivity index (χ0) is 12.3. The van der Waals surface area contributed by atoms with E-state index < -0.39 is 20.5 Å². The highest BCUT2D eigenvalue weighted by molar-refractivity contribution is 7.92. The second-order valence-corrected chi connectivity index (χ2v) is 6.12. The molecule has 15 heavy (non-hydrogen) atoms. The second-order valence-electron chi connectivity index (χ2n) is 3.56. The maximum absolute atomic E-state index is 11.4. The topological polar surface area (TPSA) is 122 Å². The van der Waals surface area contributed by atoms with Crippen LogP contribution in [-0.2, 0) is 14.6 Å².